The minimum absolute atomic E-state index is 0.0908. The molecule has 2 aromatic carbocycles. The largest absolute Gasteiger partial charge is 0.456 e. The van der Waals surface area contributed by atoms with Crippen LogP contribution in [0.5, 0.6) is 11.5 Å². The maximum Gasteiger partial charge on any atom is 0.141 e. The van der Waals surface area contributed by atoms with Crippen molar-refractivity contribution in [3.05, 3.63) is 56.5 Å². The van der Waals surface area contributed by atoms with E-state index in [9.17, 15) is 0 Å². The van der Waals surface area contributed by atoms with Crippen LogP contribution in [0.15, 0.2) is 45.3 Å². The van der Waals surface area contributed by atoms with Crippen LogP contribution in [0.2, 0.25) is 0 Å². The Morgan fingerprint density at radius 1 is 1.10 bits per heavy atom. The van der Waals surface area contributed by atoms with Gasteiger partial charge in [-0.1, -0.05) is 22.0 Å². The molecular formula is C16H17Br2NO. The highest BCUT2D eigenvalue weighted by Crippen LogP contribution is 2.33. The van der Waals surface area contributed by atoms with Gasteiger partial charge >= 0.3 is 0 Å². The van der Waals surface area contributed by atoms with E-state index in [1.807, 2.05) is 37.3 Å². The van der Waals surface area contributed by atoms with Crippen LogP contribution in [0.1, 0.15) is 18.1 Å². The average molecular weight is 399 g/mol. The van der Waals surface area contributed by atoms with Crippen molar-refractivity contribution in [3.63, 3.8) is 0 Å². The summed E-state index contributed by atoms with van der Waals surface area (Å²) in [7, 11) is 0. The maximum absolute atomic E-state index is 6.03. The third kappa shape index (κ3) is 4.08. The number of benzene rings is 2. The first-order valence-corrected chi connectivity index (χ1v) is 8.02. The third-order valence-electron chi connectivity index (χ3n) is 2.87. The average Bonchev–Trinajstić information content (AvgIpc) is 2.34. The van der Waals surface area contributed by atoms with E-state index in [0.29, 0.717) is 0 Å². The number of rotatable bonds is 4. The summed E-state index contributed by atoms with van der Waals surface area (Å²) in [5, 5.41) is 0. The Labute approximate surface area is 136 Å². The van der Waals surface area contributed by atoms with Gasteiger partial charge < -0.3 is 10.5 Å². The molecule has 20 heavy (non-hydrogen) atoms. The Bertz CT molecular complexity index is 611. The molecule has 0 radical (unpaired) electrons. The molecule has 0 amide bonds. The first-order chi connectivity index (χ1) is 9.45. The Hall–Kier alpha value is -0.840. The molecule has 0 aromatic heterocycles. The SMILES string of the molecule is Cc1ccc(Oc2ccc(Br)cc2CC(C)N)c(Br)c1. The van der Waals surface area contributed by atoms with Crippen molar-refractivity contribution in [1.29, 1.82) is 0 Å². The second-order valence-corrected chi connectivity index (χ2v) is 6.74. The van der Waals surface area contributed by atoms with Crippen LogP contribution < -0.4 is 10.5 Å². The second kappa shape index (κ2) is 6.74. The summed E-state index contributed by atoms with van der Waals surface area (Å²) in [6.45, 7) is 4.04. The molecule has 0 fully saturated rings. The Morgan fingerprint density at radius 2 is 1.80 bits per heavy atom. The van der Waals surface area contributed by atoms with Crippen molar-refractivity contribution >= 4 is 31.9 Å². The normalized spacial score (nSPS) is 12.2. The summed E-state index contributed by atoms with van der Waals surface area (Å²) < 4.78 is 8.01. The molecule has 0 spiro atoms. The quantitative estimate of drug-likeness (QED) is 0.767. The highest BCUT2D eigenvalue weighted by molar-refractivity contribution is 9.10. The zero-order chi connectivity index (χ0) is 14.7. The van der Waals surface area contributed by atoms with Gasteiger partial charge in [-0.3, -0.25) is 0 Å². The van der Waals surface area contributed by atoms with Gasteiger partial charge in [-0.05, 0) is 77.7 Å². The summed E-state index contributed by atoms with van der Waals surface area (Å²) >= 11 is 7.03. The van der Waals surface area contributed by atoms with Crippen molar-refractivity contribution in [2.75, 3.05) is 0 Å². The van der Waals surface area contributed by atoms with Crippen molar-refractivity contribution < 1.29 is 4.74 Å². The molecular weight excluding hydrogens is 382 g/mol. The number of hydrogen-bond donors (Lipinski definition) is 1. The molecule has 2 aromatic rings. The van der Waals surface area contributed by atoms with E-state index in [4.69, 9.17) is 10.5 Å². The molecule has 0 heterocycles. The van der Waals surface area contributed by atoms with Crippen molar-refractivity contribution in [3.8, 4) is 11.5 Å². The Balaban J connectivity index is 2.32. The first kappa shape index (κ1) is 15.5. The minimum Gasteiger partial charge on any atom is -0.456 e. The van der Waals surface area contributed by atoms with Crippen LogP contribution in [0, 0.1) is 6.92 Å². The van der Waals surface area contributed by atoms with Crippen LogP contribution in [0.4, 0.5) is 0 Å². The second-order valence-electron chi connectivity index (χ2n) is 4.97. The summed E-state index contributed by atoms with van der Waals surface area (Å²) in [5.41, 5.74) is 8.20. The van der Waals surface area contributed by atoms with E-state index in [1.54, 1.807) is 0 Å². The number of ether oxygens (including phenoxy) is 1. The monoisotopic (exact) mass is 397 g/mol. The van der Waals surface area contributed by atoms with Crippen molar-refractivity contribution in [2.24, 2.45) is 5.73 Å². The molecule has 2 rings (SSSR count). The molecule has 0 aliphatic rings. The van der Waals surface area contributed by atoms with Crippen LogP contribution in [-0.2, 0) is 6.42 Å². The molecule has 0 aliphatic carbocycles. The summed E-state index contributed by atoms with van der Waals surface area (Å²) in [4.78, 5) is 0. The van der Waals surface area contributed by atoms with Gasteiger partial charge in [-0.25, -0.2) is 0 Å². The number of nitrogens with two attached hydrogens (primary N) is 1. The molecule has 2 nitrogen and oxygen atoms in total. The van der Waals surface area contributed by atoms with E-state index in [2.05, 4.69) is 44.8 Å². The Kier molecular flexibility index (Phi) is 5.24. The third-order valence-corrected chi connectivity index (χ3v) is 3.98. The Morgan fingerprint density at radius 3 is 2.45 bits per heavy atom. The van der Waals surface area contributed by atoms with E-state index in [0.717, 1.165) is 32.4 Å². The zero-order valence-electron chi connectivity index (χ0n) is 11.5. The lowest BCUT2D eigenvalue weighted by atomic mass is 10.1. The molecule has 4 heteroatoms. The highest BCUT2D eigenvalue weighted by atomic mass is 79.9. The van der Waals surface area contributed by atoms with E-state index in [1.165, 1.54) is 5.56 Å². The molecule has 0 aliphatic heterocycles. The van der Waals surface area contributed by atoms with Crippen molar-refractivity contribution in [2.45, 2.75) is 26.3 Å². The molecule has 0 bridgehead atoms. The molecule has 1 atom stereocenters. The van der Waals surface area contributed by atoms with E-state index >= 15 is 0 Å². The van der Waals surface area contributed by atoms with Gasteiger partial charge in [0.1, 0.15) is 11.5 Å². The first-order valence-electron chi connectivity index (χ1n) is 6.43. The summed E-state index contributed by atoms with van der Waals surface area (Å²) in [5.74, 6) is 1.65. The van der Waals surface area contributed by atoms with Gasteiger partial charge in [-0.2, -0.15) is 0 Å². The summed E-state index contributed by atoms with van der Waals surface area (Å²) in [6.07, 6.45) is 0.776. The van der Waals surface area contributed by atoms with Gasteiger partial charge in [0, 0.05) is 10.5 Å². The topological polar surface area (TPSA) is 35.2 Å². The molecule has 0 saturated carbocycles. The van der Waals surface area contributed by atoms with E-state index in [-0.39, 0.29) is 6.04 Å². The van der Waals surface area contributed by atoms with Gasteiger partial charge in [-0.15, -0.1) is 0 Å². The highest BCUT2D eigenvalue weighted by Gasteiger charge is 2.10. The standard InChI is InChI=1S/C16H17Br2NO/c1-10-3-5-16(14(18)7-10)20-15-6-4-13(17)9-12(15)8-11(2)19/h3-7,9,11H,8,19H2,1-2H3. The smallest absolute Gasteiger partial charge is 0.141 e. The minimum atomic E-state index is 0.0908. The van der Waals surface area contributed by atoms with Gasteiger partial charge in [0.05, 0.1) is 4.47 Å². The lowest BCUT2D eigenvalue weighted by Gasteiger charge is -2.14. The van der Waals surface area contributed by atoms with Crippen LogP contribution in [-0.4, -0.2) is 6.04 Å². The van der Waals surface area contributed by atoms with Crippen LogP contribution in [0.3, 0.4) is 0 Å². The van der Waals surface area contributed by atoms with Crippen LogP contribution >= 0.6 is 31.9 Å². The maximum atomic E-state index is 6.03. The lowest BCUT2D eigenvalue weighted by Crippen LogP contribution is -2.18. The fraction of sp³-hybridized carbons (Fsp3) is 0.250. The molecule has 0 saturated heterocycles. The number of aryl methyl sites for hydroxylation is 1. The lowest BCUT2D eigenvalue weighted by molar-refractivity contribution is 0.470. The number of halogens is 2. The van der Waals surface area contributed by atoms with Gasteiger partial charge in [0.25, 0.3) is 0 Å². The van der Waals surface area contributed by atoms with Crippen LogP contribution in [0.25, 0.3) is 0 Å². The van der Waals surface area contributed by atoms with Gasteiger partial charge in [0.2, 0.25) is 0 Å². The fourth-order valence-electron chi connectivity index (χ4n) is 1.96. The van der Waals surface area contributed by atoms with E-state index < -0.39 is 0 Å². The fourth-order valence-corrected chi connectivity index (χ4v) is 2.94. The predicted molar refractivity (Wildman–Crippen MR) is 90.4 cm³/mol. The molecule has 2 N–H and O–H groups in total. The summed E-state index contributed by atoms with van der Waals surface area (Å²) in [6, 6.07) is 12.1. The van der Waals surface area contributed by atoms with Crippen molar-refractivity contribution in [1.82, 2.24) is 0 Å². The molecule has 1 unspecified atom stereocenters. The predicted octanol–water partition coefficient (Wildman–Crippen LogP) is 5.20. The van der Waals surface area contributed by atoms with Gasteiger partial charge in [0.15, 0.2) is 0 Å². The molecule has 106 valence electrons. The number of hydrogen-bond acceptors (Lipinski definition) is 2. The zero-order valence-corrected chi connectivity index (χ0v) is 14.7.